The van der Waals surface area contributed by atoms with E-state index >= 15 is 0 Å². The number of rotatable bonds is 4. The monoisotopic (exact) mass is 529 g/mol. The van der Waals surface area contributed by atoms with E-state index in [9.17, 15) is 17.4 Å². The van der Waals surface area contributed by atoms with Crippen molar-refractivity contribution >= 4 is 42.9 Å². The summed E-state index contributed by atoms with van der Waals surface area (Å²) in [7, 11) is -3.08. The molecule has 2 aromatic carbocycles. The van der Waals surface area contributed by atoms with E-state index in [1.807, 2.05) is 0 Å². The van der Waals surface area contributed by atoms with Crippen LogP contribution in [-0.4, -0.2) is 28.7 Å². The molecule has 0 aromatic heterocycles. The largest absolute Gasteiger partial charge is 0.416 e. The van der Waals surface area contributed by atoms with E-state index in [0.29, 0.717) is 23.7 Å². The highest BCUT2D eigenvalue weighted by Gasteiger charge is 2.42. The smallest absolute Gasteiger partial charge is 0.369 e. The summed E-state index contributed by atoms with van der Waals surface area (Å²) >= 11 is 3.33. The lowest BCUT2D eigenvalue weighted by Gasteiger charge is -2.49. The van der Waals surface area contributed by atoms with Gasteiger partial charge in [0.2, 0.25) is 0 Å². The maximum atomic E-state index is 13.5. The van der Waals surface area contributed by atoms with Crippen LogP contribution in [0.15, 0.2) is 51.8 Å². The second kappa shape index (κ2) is 8.57. The molecule has 4 rings (SSSR count). The average molecular weight is 530 g/mol. The fourth-order valence-electron chi connectivity index (χ4n) is 4.82. The molecule has 1 aliphatic heterocycles. The number of halogens is 4. The lowest BCUT2D eigenvalue weighted by molar-refractivity contribution is -0.137. The molecule has 3 atom stereocenters. The molecule has 1 saturated heterocycles. The maximum absolute atomic E-state index is 13.5. The molecule has 9 heteroatoms. The quantitative estimate of drug-likeness (QED) is 0.501. The molecular weight excluding hydrogens is 503 g/mol. The van der Waals surface area contributed by atoms with Crippen molar-refractivity contribution < 1.29 is 17.4 Å². The van der Waals surface area contributed by atoms with Gasteiger partial charge in [0, 0.05) is 28.0 Å². The van der Waals surface area contributed by atoms with Crippen molar-refractivity contribution in [1.82, 2.24) is 0 Å². The maximum Gasteiger partial charge on any atom is 0.416 e. The van der Waals surface area contributed by atoms with Crippen molar-refractivity contribution in [3.8, 4) is 0 Å². The molecule has 3 N–H and O–H groups in total. The van der Waals surface area contributed by atoms with Crippen LogP contribution in [-0.2, 0) is 15.9 Å². The third-order valence-electron chi connectivity index (χ3n) is 6.68. The van der Waals surface area contributed by atoms with Crippen molar-refractivity contribution in [3.63, 3.8) is 0 Å². The number of piperidine rings is 1. The Morgan fingerprint density at radius 3 is 2.56 bits per heavy atom. The van der Waals surface area contributed by atoms with Gasteiger partial charge in [-0.3, -0.25) is 0 Å². The summed E-state index contributed by atoms with van der Waals surface area (Å²) in [6.45, 7) is 1.32. The third-order valence-corrected chi connectivity index (χ3v) is 8.79. The van der Waals surface area contributed by atoms with Crippen LogP contribution in [0.1, 0.15) is 37.7 Å². The van der Waals surface area contributed by atoms with Crippen LogP contribution in [0.2, 0.25) is 0 Å². The van der Waals surface area contributed by atoms with Crippen LogP contribution in [0.4, 0.5) is 24.5 Å². The van der Waals surface area contributed by atoms with E-state index in [1.54, 1.807) is 24.3 Å². The highest BCUT2D eigenvalue weighted by atomic mass is 79.9. The number of anilines is 2. The summed E-state index contributed by atoms with van der Waals surface area (Å²) in [6, 6.07) is 10.3. The second-order valence-electron chi connectivity index (χ2n) is 8.83. The summed E-state index contributed by atoms with van der Waals surface area (Å²) in [5.74, 6) is 4.09. The van der Waals surface area contributed by atoms with Crippen LogP contribution in [0.5, 0.6) is 0 Å². The van der Waals surface area contributed by atoms with Crippen LogP contribution in [0.3, 0.4) is 0 Å². The van der Waals surface area contributed by atoms with E-state index in [0.717, 1.165) is 48.7 Å². The normalized spacial score (nSPS) is 25.7. The van der Waals surface area contributed by atoms with Crippen LogP contribution in [0.25, 0.3) is 0 Å². The molecule has 32 heavy (non-hydrogen) atoms. The minimum absolute atomic E-state index is 0.170. The molecule has 0 amide bonds. The Balaban J connectivity index is 1.69. The molecule has 1 unspecified atom stereocenters. The second-order valence-corrected chi connectivity index (χ2v) is 11.8. The Kier molecular flexibility index (Phi) is 6.28. The molecular formula is C23H27BrF3N3OS. The van der Waals surface area contributed by atoms with E-state index in [-0.39, 0.29) is 17.1 Å². The number of alkyl halides is 3. The van der Waals surface area contributed by atoms with Gasteiger partial charge in [-0.25, -0.2) is 4.21 Å². The lowest BCUT2D eigenvalue weighted by Crippen LogP contribution is -2.58. The number of nitrogens with two attached hydrogens (primary N) is 1. The van der Waals surface area contributed by atoms with E-state index in [2.05, 4.69) is 31.4 Å². The highest BCUT2D eigenvalue weighted by molar-refractivity contribution is 9.10. The van der Waals surface area contributed by atoms with Crippen molar-refractivity contribution in [2.45, 2.75) is 48.7 Å². The Hall–Kier alpha value is -1.71. The summed E-state index contributed by atoms with van der Waals surface area (Å²) < 4.78 is 57.4. The average Bonchev–Trinajstić information content (AvgIpc) is 2.72. The van der Waals surface area contributed by atoms with E-state index in [4.69, 9.17) is 5.73 Å². The Morgan fingerprint density at radius 1 is 1.16 bits per heavy atom. The van der Waals surface area contributed by atoms with Crippen molar-refractivity contribution in [3.05, 3.63) is 52.5 Å². The van der Waals surface area contributed by atoms with Gasteiger partial charge >= 0.3 is 6.18 Å². The molecule has 1 aliphatic carbocycles. The third kappa shape index (κ3) is 4.79. The molecule has 1 saturated carbocycles. The van der Waals surface area contributed by atoms with Gasteiger partial charge in [0.05, 0.1) is 26.6 Å². The molecule has 2 aliphatic rings. The Bertz CT molecular complexity index is 1090. The topological polar surface area (TPSA) is 58.4 Å². The van der Waals surface area contributed by atoms with Gasteiger partial charge in [0.1, 0.15) is 0 Å². The first-order valence-corrected chi connectivity index (χ1v) is 13.2. The number of benzene rings is 2. The first-order valence-electron chi connectivity index (χ1n) is 10.6. The standard InChI is InChI=1S/C23H27BrF3N3OS/c1-32(31,19-8-6-18(24)7-9-19)29-20-14-16(23(25,26)27)5-10-21(20)30-13-12-22(28)11-3-2-4-17(22)15-30/h5-10,14,17H,1-4,11-13,15,28H2,(H,29,31)/t17-,22+,32?/m0/s1. The van der Waals surface area contributed by atoms with Gasteiger partial charge in [-0.15, -0.1) is 0 Å². The molecule has 1 heterocycles. The summed E-state index contributed by atoms with van der Waals surface area (Å²) in [5.41, 5.74) is 6.43. The summed E-state index contributed by atoms with van der Waals surface area (Å²) in [6.07, 6.45) is 0.515. The molecule has 0 bridgehead atoms. The Labute approximate surface area is 195 Å². The fourth-order valence-corrected chi connectivity index (χ4v) is 6.30. The van der Waals surface area contributed by atoms with Gasteiger partial charge in [-0.2, -0.15) is 13.2 Å². The van der Waals surface area contributed by atoms with E-state index in [1.165, 1.54) is 6.07 Å². The zero-order valence-corrected chi connectivity index (χ0v) is 20.0. The van der Waals surface area contributed by atoms with Crippen LogP contribution >= 0.6 is 15.9 Å². The zero-order valence-electron chi connectivity index (χ0n) is 17.6. The number of hydrogen-bond donors (Lipinski definition) is 2. The highest BCUT2D eigenvalue weighted by Crippen LogP contribution is 2.42. The molecule has 0 spiro atoms. The predicted molar refractivity (Wildman–Crippen MR) is 128 cm³/mol. The predicted octanol–water partition coefficient (Wildman–Crippen LogP) is 5.67. The minimum Gasteiger partial charge on any atom is -0.369 e. The first-order chi connectivity index (χ1) is 15.0. The lowest BCUT2D eigenvalue weighted by atomic mass is 9.69. The summed E-state index contributed by atoms with van der Waals surface area (Å²) in [4.78, 5) is 2.48. The van der Waals surface area contributed by atoms with Gasteiger partial charge < -0.3 is 15.4 Å². The molecule has 0 radical (unpaired) electrons. The van der Waals surface area contributed by atoms with Gasteiger partial charge in [0.15, 0.2) is 0 Å². The number of nitrogens with one attached hydrogen (secondary N) is 1. The van der Waals surface area contributed by atoms with Gasteiger partial charge in [-0.1, -0.05) is 28.8 Å². The minimum atomic E-state index is -4.51. The van der Waals surface area contributed by atoms with Crippen LogP contribution < -0.4 is 15.4 Å². The molecule has 4 nitrogen and oxygen atoms in total. The van der Waals surface area contributed by atoms with Crippen molar-refractivity contribution in [2.75, 3.05) is 22.7 Å². The van der Waals surface area contributed by atoms with Gasteiger partial charge in [0.25, 0.3) is 0 Å². The van der Waals surface area contributed by atoms with Crippen molar-refractivity contribution in [1.29, 1.82) is 0 Å². The van der Waals surface area contributed by atoms with Crippen LogP contribution in [0, 0.1) is 5.92 Å². The Morgan fingerprint density at radius 2 is 1.88 bits per heavy atom. The van der Waals surface area contributed by atoms with Gasteiger partial charge in [-0.05, 0) is 73.5 Å². The van der Waals surface area contributed by atoms with Crippen molar-refractivity contribution in [2.24, 2.45) is 11.7 Å². The molecule has 174 valence electrons. The molecule has 2 fully saturated rings. The number of fused-ring (bicyclic) bond motifs is 1. The first kappa shape index (κ1) is 23.4. The summed E-state index contributed by atoms with van der Waals surface area (Å²) in [5, 5.41) is 0. The SMILES string of the molecule is C=S(=O)(Nc1cc(C(F)(F)F)ccc1N1CC[C@]2(N)CCCC[C@H]2C1)c1ccc(Br)cc1. The zero-order chi connectivity index (χ0) is 23.1. The fraction of sp³-hybridized carbons (Fsp3) is 0.435. The molecule has 2 aromatic rings. The van der Waals surface area contributed by atoms with E-state index < -0.39 is 21.4 Å². The number of hydrogen-bond acceptors (Lipinski definition) is 3. The number of nitrogens with zero attached hydrogens (tertiary/aromatic N) is 1.